The second kappa shape index (κ2) is 13.7. The van der Waals surface area contributed by atoms with Crippen LogP contribution in [0.15, 0.2) is 0 Å². The maximum absolute atomic E-state index is 8.71. The van der Waals surface area contributed by atoms with E-state index in [4.69, 9.17) is 24.1 Å². The molecule has 0 fully saturated rings. The second-order valence-electron chi connectivity index (χ2n) is 4.93. The molecule has 0 radical (unpaired) electrons. The van der Waals surface area contributed by atoms with Crippen molar-refractivity contribution >= 4 is 0 Å². The van der Waals surface area contributed by atoms with E-state index in [-0.39, 0.29) is 6.61 Å². The van der Waals surface area contributed by atoms with Gasteiger partial charge in [0.05, 0.1) is 53.3 Å². The van der Waals surface area contributed by atoms with Crippen LogP contribution in [0.2, 0.25) is 0 Å². The third-order valence-corrected chi connectivity index (χ3v) is 3.20. The summed E-state index contributed by atoms with van der Waals surface area (Å²) in [5.74, 6) is 0. The van der Waals surface area contributed by atoms with Crippen molar-refractivity contribution < 1.29 is 28.5 Å². The molecule has 0 amide bonds. The third kappa shape index (κ3) is 11.6. The maximum atomic E-state index is 8.71. The number of methoxy groups -OCH3 is 1. The fraction of sp³-hybridized carbons (Fsp3) is 1.00. The largest absolute Gasteiger partial charge is 0.394 e. The van der Waals surface area contributed by atoms with E-state index in [1.54, 1.807) is 7.11 Å². The van der Waals surface area contributed by atoms with Gasteiger partial charge in [-0.2, -0.15) is 0 Å². The van der Waals surface area contributed by atoms with Gasteiger partial charge in [-0.25, -0.2) is 0 Å². The molecule has 6 nitrogen and oxygen atoms in total. The molecule has 122 valence electrons. The van der Waals surface area contributed by atoms with Gasteiger partial charge < -0.3 is 28.5 Å². The number of likely N-dealkylation sites (N-methyl/N-ethyl adjacent to an activating group) is 1. The minimum absolute atomic E-state index is 0.0722. The van der Waals surface area contributed by atoms with Crippen LogP contribution >= 0.6 is 0 Å². The van der Waals surface area contributed by atoms with Crippen molar-refractivity contribution in [3.63, 3.8) is 0 Å². The average Bonchev–Trinajstić information content (AvgIpc) is 2.44. The first-order valence-corrected chi connectivity index (χ1v) is 7.35. The summed E-state index contributed by atoms with van der Waals surface area (Å²) in [7, 11) is 3.85. The van der Waals surface area contributed by atoms with Crippen LogP contribution in [0, 0.1) is 0 Å². The Balaban J connectivity index is 3.95. The molecule has 0 saturated heterocycles. The lowest BCUT2D eigenvalue weighted by atomic mass is 10.3. The molecule has 0 aliphatic carbocycles. The molecule has 0 aliphatic heterocycles. The summed E-state index contributed by atoms with van der Waals surface area (Å²) >= 11 is 0. The van der Waals surface area contributed by atoms with E-state index in [0.29, 0.717) is 33.0 Å². The van der Waals surface area contributed by atoms with Crippen molar-refractivity contribution in [2.45, 2.75) is 6.92 Å². The van der Waals surface area contributed by atoms with Gasteiger partial charge in [-0.05, 0) is 6.92 Å². The minimum Gasteiger partial charge on any atom is -0.394 e. The number of hydrogen-bond acceptors (Lipinski definition) is 5. The summed E-state index contributed by atoms with van der Waals surface area (Å²) < 4.78 is 22.1. The molecule has 0 aromatic rings. The summed E-state index contributed by atoms with van der Waals surface area (Å²) in [4.78, 5) is 0. The lowest BCUT2D eigenvalue weighted by Crippen LogP contribution is -2.50. The van der Waals surface area contributed by atoms with Gasteiger partial charge >= 0.3 is 0 Å². The molecule has 0 aromatic carbocycles. The van der Waals surface area contributed by atoms with Crippen LogP contribution in [0.3, 0.4) is 0 Å². The van der Waals surface area contributed by atoms with Crippen LogP contribution in [0.4, 0.5) is 0 Å². The summed E-state index contributed by atoms with van der Waals surface area (Å²) in [5.41, 5.74) is 0. The predicted molar refractivity (Wildman–Crippen MR) is 77.9 cm³/mol. The number of nitrogens with zero attached hydrogens (tertiary/aromatic N) is 1. The van der Waals surface area contributed by atoms with Crippen LogP contribution in [0.25, 0.3) is 0 Å². The van der Waals surface area contributed by atoms with Gasteiger partial charge in [-0.1, -0.05) is 0 Å². The van der Waals surface area contributed by atoms with E-state index in [1.807, 2.05) is 6.92 Å². The Morgan fingerprint density at radius 3 is 1.85 bits per heavy atom. The highest BCUT2D eigenvalue weighted by molar-refractivity contribution is 4.43. The van der Waals surface area contributed by atoms with Crippen LogP contribution in [-0.2, 0) is 18.9 Å². The molecule has 6 heteroatoms. The smallest absolute Gasteiger partial charge is 0.102 e. The summed E-state index contributed by atoms with van der Waals surface area (Å²) in [6.45, 7) is 9.29. The number of aliphatic hydroxyl groups excluding tert-OH is 1. The molecule has 1 N–H and O–H groups in total. The van der Waals surface area contributed by atoms with E-state index in [0.717, 1.165) is 37.3 Å². The molecule has 0 aliphatic rings. The summed E-state index contributed by atoms with van der Waals surface area (Å²) in [6, 6.07) is 0. The normalized spacial score (nSPS) is 14.4. The molecule has 0 rings (SSSR count). The summed E-state index contributed by atoms with van der Waals surface area (Å²) in [6.07, 6.45) is 0. The topological polar surface area (TPSA) is 57.2 Å². The van der Waals surface area contributed by atoms with E-state index in [2.05, 4.69) is 7.05 Å². The molecular weight excluding hydrogens is 262 g/mol. The lowest BCUT2D eigenvalue weighted by Gasteiger charge is -2.34. The number of ether oxygens (including phenoxy) is 4. The second-order valence-corrected chi connectivity index (χ2v) is 4.93. The third-order valence-electron chi connectivity index (χ3n) is 3.20. The van der Waals surface area contributed by atoms with Gasteiger partial charge in [-0.3, -0.25) is 0 Å². The Hall–Kier alpha value is -0.240. The van der Waals surface area contributed by atoms with Crippen molar-refractivity contribution in [2.24, 2.45) is 0 Å². The van der Waals surface area contributed by atoms with Crippen molar-refractivity contribution in [1.29, 1.82) is 0 Å². The average molecular weight is 294 g/mol. The Kier molecular flexibility index (Phi) is 13.6. The van der Waals surface area contributed by atoms with Gasteiger partial charge in [-0.15, -0.1) is 0 Å². The van der Waals surface area contributed by atoms with Gasteiger partial charge in [0.15, 0.2) is 0 Å². The Morgan fingerprint density at radius 2 is 1.35 bits per heavy atom. The summed E-state index contributed by atoms with van der Waals surface area (Å²) in [5, 5.41) is 8.71. The zero-order valence-corrected chi connectivity index (χ0v) is 13.3. The molecular formula is C14H32NO5+. The predicted octanol–water partition coefficient (Wildman–Crippen LogP) is 0.141. The monoisotopic (exact) mass is 294 g/mol. The van der Waals surface area contributed by atoms with Crippen molar-refractivity contribution in [3.8, 4) is 0 Å². The molecule has 20 heavy (non-hydrogen) atoms. The zero-order chi connectivity index (χ0) is 15.1. The first kappa shape index (κ1) is 19.8. The first-order valence-electron chi connectivity index (χ1n) is 7.35. The molecule has 0 aromatic heterocycles. The van der Waals surface area contributed by atoms with Crippen LogP contribution in [0.1, 0.15) is 6.92 Å². The van der Waals surface area contributed by atoms with E-state index < -0.39 is 0 Å². The fourth-order valence-electron chi connectivity index (χ4n) is 1.75. The molecule has 0 heterocycles. The standard InChI is InChI=1S/C14H32NO5/c1-4-18-9-5-15(2,6-10-19-12-8-16)7-11-20-14-13-17-3/h16H,4-14H2,1-3H3/q+1. The number of aliphatic hydroxyl groups is 1. The van der Waals surface area contributed by atoms with Crippen LogP contribution < -0.4 is 0 Å². The highest BCUT2D eigenvalue weighted by atomic mass is 16.5. The number of rotatable bonds is 15. The Morgan fingerprint density at radius 1 is 0.800 bits per heavy atom. The highest BCUT2D eigenvalue weighted by Crippen LogP contribution is 2.03. The quantitative estimate of drug-likeness (QED) is 0.344. The SMILES string of the molecule is CCOCC[N+](C)(CCOCCO)CCOCCOC. The van der Waals surface area contributed by atoms with Crippen LogP contribution in [0.5, 0.6) is 0 Å². The Labute approximate surface area is 123 Å². The van der Waals surface area contributed by atoms with Crippen LogP contribution in [-0.4, -0.2) is 96.2 Å². The van der Waals surface area contributed by atoms with E-state index in [9.17, 15) is 0 Å². The van der Waals surface area contributed by atoms with Crippen molar-refractivity contribution in [3.05, 3.63) is 0 Å². The first-order chi connectivity index (χ1) is 9.68. The van der Waals surface area contributed by atoms with Crippen molar-refractivity contribution in [1.82, 2.24) is 0 Å². The molecule has 1 unspecified atom stereocenters. The van der Waals surface area contributed by atoms with Gasteiger partial charge in [0.1, 0.15) is 19.6 Å². The Bertz CT molecular complexity index is 206. The lowest BCUT2D eigenvalue weighted by molar-refractivity contribution is -0.910. The maximum Gasteiger partial charge on any atom is 0.102 e. The molecule has 0 saturated carbocycles. The zero-order valence-electron chi connectivity index (χ0n) is 13.3. The minimum atomic E-state index is 0.0722. The van der Waals surface area contributed by atoms with E-state index in [1.165, 1.54) is 0 Å². The highest BCUT2D eigenvalue weighted by Gasteiger charge is 2.21. The molecule has 0 bridgehead atoms. The van der Waals surface area contributed by atoms with Gasteiger partial charge in [0.2, 0.25) is 0 Å². The van der Waals surface area contributed by atoms with Gasteiger partial charge in [0, 0.05) is 13.7 Å². The molecule has 0 spiro atoms. The molecule has 1 atom stereocenters. The fourth-order valence-corrected chi connectivity index (χ4v) is 1.75. The van der Waals surface area contributed by atoms with E-state index >= 15 is 0 Å². The number of quaternary nitrogens is 1. The van der Waals surface area contributed by atoms with Gasteiger partial charge in [0.25, 0.3) is 0 Å². The van der Waals surface area contributed by atoms with Crippen molar-refractivity contribution in [2.75, 3.05) is 86.6 Å². The number of hydrogen-bond donors (Lipinski definition) is 1.